The lowest BCUT2D eigenvalue weighted by molar-refractivity contribution is -0.128. The summed E-state index contributed by atoms with van der Waals surface area (Å²) >= 11 is 0. The quantitative estimate of drug-likeness (QED) is 0.529. The van der Waals surface area contributed by atoms with Crippen LogP contribution in [-0.2, 0) is 4.79 Å². The molecule has 0 fully saturated rings. The fraction of sp³-hybridized carbons (Fsp3) is 0.800. The number of hydrogen-bond donors (Lipinski definition) is 1. The summed E-state index contributed by atoms with van der Waals surface area (Å²) in [5.74, 6) is -0.437. The summed E-state index contributed by atoms with van der Waals surface area (Å²) in [5.41, 5.74) is 0. The monoisotopic (exact) mass is 116 g/mol. The van der Waals surface area contributed by atoms with Crippen molar-refractivity contribution in [3.8, 4) is 0 Å². The van der Waals surface area contributed by atoms with Crippen molar-refractivity contribution in [2.75, 3.05) is 6.54 Å². The van der Waals surface area contributed by atoms with E-state index in [9.17, 15) is 4.79 Å². The molecular formula is C5H10NO2. The zero-order chi connectivity index (χ0) is 6.57. The minimum absolute atomic E-state index is 0.437. The van der Waals surface area contributed by atoms with Crippen LogP contribution in [0.5, 0.6) is 0 Å². The molecule has 1 N–H and O–H groups in total. The average molecular weight is 116 g/mol. The molecule has 0 rings (SSSR count). The van der Waals surface area contributed by atoms with Crippen LogP contribution in [0.3, 0.4) is 0 Å². The van der Waals surface area contributed by atoms with Gasteiger partial charge >= 0.3 is 0 Å². The van der Waals surface area contributed by atoms with Gasteiger partial charge in [-0.2, -0.15) is 0 Å². The van der Waals surface area contributed by atoms with Crippen molar-refractivity contribution >= 4 is 5.91 Å². The predicted molar refractivity (Wildman–Crippen MR) is 29.4 cm³/mol. The Labute approximate surface area is 48.7 Å². The molecule has 3 nitrogen and oxygen atoms in total. The van der Waals surface area contributed by atoms with Crippen molar-refractivity contribution in [2.45, 2.75) is 20.0 Å². The number of aliphatic hydroxyl groups excluding tert-OH is 1. The number of nitrogens with zero attached hydrogens (tertiary/aromatic N) is 1. The molecule has 0 saturated carbocycles. The van der Waals surface area contributed by atoms with Crippen LogP contribution in [0.25, 0.3) is 0 Å². The van der Waals surface area contributed by atoms with Crippen molar-refractivity contribution in [3.05, 3.63) is 0 Å². The molecule has 1 atom stereocenters. The molecule has 0 aliphatic carbocycles. The van der Waals surface area contributed by atoms with Crippen molar-refractivity contribution in [2.24, 2.45) is 0 Å². The minimum atomic E-state index is -0.935. The van der Waals surface area contributed by atoms with Gasteiger partial charge in [-0.1, -0.05) is 0 Å². The second kappa shape index (κ2) is 3.43. The SMILES string of the molecule is CC[N]C(=O)C(C)O. The van der Waals surface area contributed by atoms with Crippen LogP contribution in [0.1, 0.15) is 13.8 Å². The maximum atomic E-state index is 10.3. The molecular weight excluding hydrogens is 106 g/mol. The third-order valence-electron chi connectivity index (χ3n) is 0.671. The molecule has 0 aromatic rings. The predicted octanol–water partition coefficient (Wildman–Crippen LogP) is -0.482. The minimum Gasteiger partial charge on any atom is -0.383 e. The molecule has 47 valence electrons. The molecule has 1 amide bonds. The van der Waals surface area contributed by atoms with E-state index in [4.69, 9.17) is 5.11 Å². The topological polar surface area (TPSA) is 51.4 Å². The highest BCUT2D eigenvalue weighted by molar-refractivity contribution is 5.79. The Bertz CT molecular complexity index is 80.5. The summed E-state index contributed by atoms with van der Waals surface area (Å²) in [4.78, 5) is 10.3. The van der Waals surface area contributed by atoms with Crippen molar-refractivity contribution < 1.29 is 9.90 Å². The first-order valence-corrected chi connectivity index (χ1v) is 2.58. The van der Waals surface area contributed by atoms with Crippen molar-refractivity contribution in [1.29, 1.82) is 0 Å². The number of likely N-dealkylation sites (N-methyl/N-ethyl adjacent to an activating group) is 1. The molecule has 0 aromatic heterocycles. The second-order valence-corrected chi connectivity index (χ2v) is 1.49. The number of aliphatic hydroxyl groups is 1. The largest absolute Gasteiger partial charge is 0.383 e. The van der Waals surface area contributed by atoms with Gasteiger partial charge in [0, 0.05) is 6.54 Å². The molecule has 0 saturated heterocycles. The van der Waals surface area contributed by atoms with Gasteiger partial charge in [0.15, 0.2) is 0 Å². The van der Waals surface area contributed by atoms with Gasteiger partial charge in [0.05, 0.1) is 0 Å². The highest BCUT2D eigenvalue weighted by Gasteiger charge is 2.06. The summed E-state index contributed by atoms with van der Waals surface area (Å²) in [5, 5.41) is 11.9. The summed E-state index contributed by atoms with van der Waals surface area (Å²) in [7, 11) is 0. The van der Waals surface area contributed by atoms with Crippen LogP contribution in [-0.4, -0.2) is 23.7 Å². The van der Waals surface area contributed by atoms with E-state index in [1.165, 1.54) is 6.92 Å². The van der Waals surface area contributed by atoms with E-state index < -0.39 is 12.0 Å². The van der Waals surface area contributed by atoms with E-state index in [2.05, 4.69) is 5.32 Å². The van der Waals surface area contributed by atoms with Crippen LogP contribution in [0, 0.1) is 0 Å². The normalized spacial score (nSPS) is 12.9. The molecule has 8 heavy (non-hydrogen) atoms. The summed E-state index contributed by atoms with van der Waals surface area (Å²) in [6, 6.07) is 0. The van der Waals surface area contributed by atoms with Crippen LogP contribution in [0.4, 0.5) is 0 Å². The Morgan fingerprint density at radius 1 is 1.88 bits per heavy atom. The van der Waals surface area contributed by atoms with E-state index in [0.717, 1.165) is 0 Å². The average Bonchev–Trinajstić information content (AvgIpc) is 1.67. The molecule has 0 aliphatic heterocycles. The Hall–Kier alpha value is -0.570. The molecule has 0 aromatic carbocycles. The number of carbonyl (C=O) groups excluding carboxylic acids is 1. The zero-order valence-corrected chi connectivity index (χ0v) is 5.09. The number of amides is 1. The third-order valence-corrected chi connectivity index (χ3v) is 0.671. The van der Waals surface area contributed by atoms with Gasteiger partial charge in [0.25, 0.3) is 5.91 Å². The highest BCUT2D eigenvalue weighted by atomic mass is 16.3. The lowest BCUT2D eigenvalue weighted by Crippen LogP contribution is -2.26. The molecule has 0 bridgehead atoms. The number of carbonyl (C=O) groups is 1. The smallest absolute Gasteiger partial charge is 0.269 e. The second-order valence-electron chi connectivity index (χ2n) is 1.49. The summed E-state index contributed by atoms with van der Waals surface area (Å²) in [6.45, 7) is 3.60. The van der Waals surface area contributed by atoms with Crippen molar-refractivity contribution in [3.63, 3.8) is 0 Å². The number of rotatable bonds is 2. The molecule has 0 heterocycles. The van der Waals surface area contributed by atoms with E-state index in [-0.39, 0.29) is 0 Å². The molecule has 0 aliphatic rings. The van der Waals surface area contributed by atoms with Crippen molar-refractivity contribution in [1.82, 2.24) is 5.32 Å². The number of hydrogen-bond acceptors (Lipinski definition) is 2. The maximum Gasteiger partial charge on any atom is 0.269 e. The highest BCUT2D eigenvalue weighted by Crippen LogP contribution is 1.78. The fourth-order valence-corrected chi connectivity index (χ4v) is 0.288. The maximum absolute atomic E-state index is 10.3. The van der Waals surface area contributed by atoms with Gasteiger partial charge in [-0.25, -0.2) is 5.32 Å². The van der Waals surface area contributed by atoms with E-state index in [1.54, 1.807) is 6.92 Å². The summed E-state index contributed by atoms with van der Waals surface area (Å²) in [6.07, 6.45) is -0.935. The van der Waals surface area contributed by atoms with Crippen LogP contribution >= 0.6 is 0 Å². The van der Waals surface area contributed by atoms with Gasteiger partial charge in [0.2, 0.25) is 0 Å². The van der Waals surface area contributed by atoms with Gasteiger partial charge < -0.3 is 5.11 Å². The standard InChI is InChI=1S/C5H10NO2/c1-3-6-5(8)4(2)7/h4,7H,3H2,1-2H3. The molecule has 1 unspecified atom stereocenters. The van der Waals surface area contributed by atoms with Gasteiger partial charge in [0.1, 0.15) is 6.10 Å². The van der Waals surface area contributed by atoms with E-state index in [0.29, 0.717) is 6.54 Å². The fourth-order valence-electron chi connectivity index (χ4n) is 0.288. The molecule has 3 heteroatoms. The van der Waals surface area contributed by atoms with E-state index in [1.807, 2.05) is 0 Å². The first kappa shape index (κ1) is 7.43. The Morgan fingerprint density at radius 3 is 2.50 bits per heavy atom. The van der Waals surface area contributed by atoms with E-state index >= 15 is 0 Å². The first-order chi connectivity index (χ1) is 3.68. The lowest BCUT2D eigenvalue weighted by Gasteiger charge is -1.98. The van der Waals surface area contributed by atoms with Crippen LogP contribution in [0.15, 0.2) is 0 Å². The Balaban J connectivity index is 3.33. The molecule has 0 spiro atoms. The Morgan fingerprint density at radius 2 is 2.38 bits per heavy atom. The first-order valence-electron chi connectivity index (χ1n) is 2.58. The zero-order valence-electron chi connectivity index (χ0n) is 5.09. The van der Waals surface area contributed by atoms with Gasteiger partial charge in [-0.3, -0.25) is 4.79 Å². The Kier molecular flexibility index (Phi) is 3.19. The molecule has 1 radical (unpaired) electrons. The van der Waals surface area contributed by atoms with Crippen LogP contribution in [0.2, 0.25) is 0 Å². The van der Waals surface area contributed by atoms with Gasteiger partial charge in [-0.05, 0) is 13.8 Å². The summed E-state index contributed by atoms with van der Waals surface area (Å²) < 4.78 is 0. The third kappa shape index (κ3) is 2.58. The van der Waals surface area contributed by atoms with Gasteiger partial charge in [-0.15, -0.1) is 0 Å². The lowest BCUT2D eigenvalue weighted by atomic mass is 10.4. The van der Waals surface area contributed by atoms with Crippen LogP contribution < -0.4 is 5.32 Å².